The molecule has 0 aromatic heterocycles. The van der Waals surface area contributed by atoms with Crippen LogP contribution in [0.2, 0.25) is 10.0 Å². The lowest BCUT2D eigenvalue weighted by atomic mass is 10.1. The van der Waals surface area contributed by atoms with Crippen LogP contribution < -0.4 is 4.74 Å². The van der Waals surface area contributed by atoms with Gasteiger partial charge in [-0.15, -0.1) is 0 Å². The van der Waals surface area contributed by atoms with Crippen molar-refractivity contribution in [3.8, 4) is 11.8 Å². The van der Waals surface area contributed by atoms with Crippen molar-refractivity contribution in [2.45, 2.75) is 0 Å². The third-order valence-electron chi connectivity index (χ3n) is 2.65. The number of carbonyl (C=O) groups is 1. The van der Waals surface area contributed by atoms with E-state index in [9.17, 15) is 4.79 Å². The predicted octanol–water partition coefficient (Wildman–Crippen LogP) is 4.89. The summed E-state index contributed by atoms with van der Waals surface area (Å²) in [6.45, 7) is -0.211. The summed E-state index contributed by atoms with van der Waals surface area (Å²) in [5.74, 6) is 0.0580. The van der Waals surface area contributed by atoms with E-state index in [0.29, 0.717) is 21.9 Å². The van der Waals surface area contributed by atoms with Gasteiger partial charge in [-0.2, -0.15) is 5.26 Å². The van der Waals surface area contributed by atoms with Crippen molar-refractivity contribution in [2.75, 3.05) is 6.61 Å². The first-order valence-electron chi connectivity index (χ1n) is 5.82. The number of ketones is 1. The lowest BCUT2D eigenvalue weighted by Gasteiger charge is -2.08. The Morgan fingerprint density at radius 3 is 2.67 bits per heavy atom. The average molecular weight is 385 g/mol. The lowest BCUT2D eigenvalue weighted by molar-refractivity contribution is 0.0921. The summed E-state index contributed by atoms with van der Waals surface area (Å²) in [6.07, 6.45) is 0. The summed E-state index contributed by atoms with van der Waals surface area (Å²) in [4.78, 5) is 12.1. The Bertz CT molecular complexity index is 741. The molecule has 21 heavy (non-hydrogen) atoms. The molecule has 3 nitrogen and oxygen atoms in total. The van der Waals surface area contributed by atoms with Crippen molar-refractivity contribution in [2.24, 2.45) is 0 Å². The summed E-state index contributed by atoms with van der Waals surface area (Å²) < 4.78 is 6.16. The number of benzene rings is 2. The van der Waals surface area contributed by atoms with Crippen molar-refractivity contribution in [3.05, 3.63) is 62.0 Å². The predicted molar refractivity (Wildman–Crippen MR) is 85.1 cm³/mol. The molecule has 0 fully saturated rings. The molecule has 2 aromatic rings. The third-order valence-corrected chi connectivity index (χ3v) is 3.69. The van der Waals surface area contributed by atoms with Crippen molar-refractivity contribution in [3.63, 3.8) is 0 Å². The molecule has 0 saturated carbocycles. The van der Waals surface area contributed by atoms with E-state index in [2.05, 4.69) is 15.9 Å². The van der Waals surface area contributed by atoms with E-state index >= 15 is 0 Å². The highest BCUT2D eigenvalue weighted by Crippen LogP contribution is 2.24. The number of halogens is 3. The van der Waals surface area contributed by atoms with Crippen LogP contribution in [0.3, 0.4) is 0 Å². The van der Waals surface area contributed by atoms with E-state index in [1.54, 1.807) is 30.3 Å². The molecule has 0 aliphatic rings. The molecule has 0 amide bonds. The monoisotopic (exact) mass is 383 g/mol. The highest BCUT2D eigenvalue weighted by atomic mass is 79.9. The van der Waals surface area contributed by atoms with Gasteiger partial charge < -0.3 is 4.74 Å². The maximum atomic E-state index is 12.1. The Kier molecular flexibility index (Phi) is 5.24. The second-order valence-electron chi connectivity index (χ2n) is 4.09. The van der Waals surface area contributed by atoms with E-state index in [0.717, 1.165) is 4.47 Å². The Morgan fingerprint density at radius 1 is 1.24 bits per heavy atom. The minimum absolute atomic E-state index is 0.211. The fourth-order valence-electron chi connectivity index (χ4n) is 1.65. The van der Waals surface area contributed by atoms with Gasteiger partial charge in [0.2, 0.25) is 5.78 Å². The molecule has 2 aromatic carbocycles. The van der Waals surface area contributed by atoms with Gasteiger partial charge in [-0.05, 0) is 36.4 Å². The van der Waals surface area contributed by atoms with Crippen LogP contribution in [0, 0.1) is 11.3 Å². The Labute approximate surface area is 140 Å². The number of hydrogen-bond acceptors (Lipinski definition) is 3. The number of Topliss-reactive ketones (excluding diaryl/α,β-unsaturated/α-hetero) is 1. The molecule has 0 atom stereocenters. The summed E-state index contributed by atoms with van der Waals surface area (Å²) in [5, 5.41) is 9.75. The number of nitriles is 1. The first-order valence-corrected chi connectivity index (χ1v) is 7.37. The molecule has 0 heterocycles. The van der Waals surface area contributed by atoms with Gasteiger partial charge in [0.1, 0.15) is 11.8 Å². The van der Waals surface area contributed by atoms with Crippen molar-refractivity contribution < 1.29 is 9.53 Å². The maximum Gasteiger partial charge on any atom is 0.201 e. The molecular weight excluding hydrogens is 377 g/mol. The van der Waals surface area contributed by atoms with Crippen LogP contribution in [0.5, 0.6) is 5.75 Å². The highest BCUT2D eigenvalue weighted by molar-refractivity contribution is 9.10. The number of ether oxygens (including phenoxy) is 1. The minimum Gasteiger partial charge on any atom is -0.484 e. The SMILES string of the molecule is N#Cc1cc(Br)ccc1OCC(=O)c1ccc(Cl)cc1Cl. The molecular formula is C15H8BrCl2NO2. The molecule has 6 heteroatoms. The maximum absolute atomic E-state index is 12.1. The molecule has 0 radical (unpaired) electrons. The average Bonchev–Trinajstić information content (AvgIpc) is 2.45. The van der Waals surface area contributed by atoms with Crippen LogP contribution >= 0.6 is 39.1 Å². The van der Waals surface area contributed by atoms with Crippen LogP contribution in [-0.2, 0) is 0 Å². The zero-order chi connectivity index (χ0) is 15.4. The fraction of sp³-hybridized carbons (Fsp3) is 0.0667. The molecule has 0 bridgehead atoms. The van der Waals surface area contributed by atoms with Gasteiger partial charge in [-0.3, -0.25) is 4.79 Å². The summed E-state index contributed by atoms with van der Waals surface area (Å²) >= 11 is 15.0. The van der Waals surface area contributed by atoms with Gasteiger partial charge in [-0.25, -0.2) is 0 Å². The third kappa shape index (κ3) is 3.98. The van der Waals surface area contributed by atoms with Crippen LogP contribution in [0.25, 0.3) is 0 Å². The number of carbonyl (C=O) groups excluding carboxylic acids is 1. The Morgan fingerprint density at radius 2 is 2.00 bits per heavy atom. The molecule has 106 valence electrons. The van der Waals surface area contributed by atoms with Crippen LogP contribution in [0.1, 0.15) is 15.9 Å². The van der Waals surface area contributed by atoms with Crippen molar-refractivity contribution in [1.82, 2.24) is 0 Å². The molecule has 0 aliphatic heterocycles. The summed E-state index contributed by atoms with van der Waals surface area (Å²) in [6, 6.07) is 11.6. The second kappa shape index (κ2) is 6.95. The van der Waals surface area contributed by atoms with E-state index in [1.807, 2.05) is 6.07 Å². The number of hydrogen-bond donors (Lipinski definition) is 0. The molecule has 0 unspecified atom stereocenters. The highest BCUT2D eigenvalue weighted by Gasteiger charge is 2.13. The smallest absolute Gasteiger partial charge is 0.201 e. The normalized spacial score (nSPS) is 10.0. The quantitative estimate of drug-likeness (QED) is 0.705. The van der Waals surface area contributed by atoms with Gasteiger partial charge in [-0.1, -0.05) is 39.1 Å². The van der Waals surface area contributed by atoms with E-state index < -0.39 is 0 Å². The van der Waals surface area contributed by atoms with Crippen molar-refractivity contribution in [1.29, 1.82) is 5.26 Å². The lowest BCUT2D eigenvalue weighted by Crippen LogP contribution is -2.12. The van der Waals surface area contributed by atoms with E-state index in [1.165, 1.54) is 6.07 Å². The van der Waals surface area contributed by atoms with Crippen LogP contribution in [0.4, 0.5) is 0 Å². The standard InChI is InChI=1S/C15H8BrCl2NO2/c16-10-1-4-15(9(5-10)7-19)21-8-14(20)12-3-2-11(17)6-13(12)18/h1-6H,8H2. The van der Waals surface area contributed by atoms with Gasteiger partial charge in [0.05, 0.1) is 10.6 Å². The first kappa shape index (κ1) is 15.8. The fourth-order valence-corrected chi connectivity index (χ4v) is 2.53. The summed E-state index contributed by atoms with van der Waals surface area (Å²) in [7, 11) is 0. The molecule has 0 saturated heterocycles. The molecule has 0 N–H and O–H groups in total. The Hall–Kier alpha value is -1.54. The zero-order valence-corrected chi connectivity index (χ0v) is 13.7. The Balaban J connectivity index is 2.13. The summed E-state index contributed by atoms with van der Waals surface area (Å²) in [5.41, 5.74) is 0.677. The van der Waals surface area contributed by atoms with E-state index in [4.69, 9.17) is 33.2 Å². The van der Waals surface area contributed by atoms with Gasteiger partial charge in [0.25, 0.3) is 0 Å². The van der Waals surface area contributed by atoms with Crippen LogP contribution in [-0.4, -0.2) is 12.4 Å². The van der Waals surface area contributed by atoms with Gasteiger partial charge in [0, 0.05) is 15.1 Å². The van der Waals surface area contributed by atoms with Crippen molar-refractivity contribution >= 4 is 44.9 Å². The van der Waals surface area contributed by atoms with Crippen LogP contribution in [0.15, 0.2) is 40.9 Å². The molecule has 0 aliphatic carbocycles. The minimum atomic E-state index is -0.288. The topological polar surface area (TPSA) is 50.1 Å². The number of rotatable bonds is 4. The van der Waals surface area contributed by atoms with Gasteiger partial charge in [0.15, 0.2) is 6.61 Å². The van der Waals surface area contributed by atoms with E-state index in [-0.39, 0.29) is 17.4 Å². The molecule has 0 spiro atoms. The first-order chi connectivity index (χ1) is 10.0. The number of nitrogens with zero attached hydrogens (tertiary/aromatic N) is 1. The molecule has 2 rings (SSSR count). The second-order valence-corrected chi connectivity index (χ2v) is 5.85. The zero-order valence-electron chi connectivity index (χ0n) is 10.6. The van der Waals surface area contributed by atoms with Gasteiger partial charge >= 0.3 is 0 Å². The largest absolute Gasteiger partial charge is 0.484 e.